The molecule has 1 atom stereocenters. The third-order valence-electron chi connectivity index (χ3n) is 3.50. The van der Waals surface area contributed by atoms with E-state index >= 15 is 0 Å². The first-order valence-corrected chi connectivity index (χ1v) is 7.43. The predicted octanol–water partition coefficient (Wildman–Crippen LogP) is 2.78. The fourth-order valence-corrected chi connectivity index (χ4v) is 2.64. The number of aryl methyl sites for hydroxylation is 1. The van der Waals surface area contributed by atoms with Gasteiger partial charge in [0.05, 0.1) is 17.0 Å². The van der Waals surface area contributed by atoms with Crippen LogP contribution < -0.4 is 10.6 Å². The predicted molar refractivity (Wildman–Crippen MR) is 82.1 cm³/mol. The molecule has 0 fully saturated rings. The molecular formula is C14H11ClF3N5O2. The van der Waals surface area contributed by atoms with Crippen molar-refractivity contribution in [2.24, 2.45) is 0 Å². The Kier molecular flexibility index (Phi) is 4.15. The SMILES string of the molecule is Cc1nc2n(n1)[C@H](C(=O)Nc1ccc(Cl)c(C(F)(F)F)c1)CC(=O)N2. The van der Waals surface area contributed by atoms with Gasteiger partial charge in [-0.1, -0.05) is 11.6 Å². The Balaban J connectivity index is 1.87. The number of nitrogens with one attached hydrogen (secondary N) is 2. The number of nitrogens with zero attached hydrogens (tertiary/aromatic N) is 3. The van der Waals surface area contributed by atoms with Crippen molar-refractivity contribution in [3.05, 3.63) is 34.6 Å². The minimum atomic E-state index is -4.65. The van der Waals surface area contributed by atoms with Gasteiger partial charge in [0, 0.05) is 5.69 Å². The summed E-state index contributed by atoms with van der Waals surface area (Å²) in [5.74, 6) is -0.662. The number of halogens is 4. The minimum absolute atomic E-state index is 0.0916. The minimum Gasteiger partial charge on any atom is -0.324 e. The molecule has 0 spiro atoms. The highest BCUT2D eigenvalue weighted by atomic mass is 35.5. The Hall–Kier alpha value is -2.62. The molecule has 2 N–H and O–H groups in total. The third-order valence-corrected chi connectivity index (χ3v) is 3.83. The highest BCUT2D eigenvalue weighted by molar-refractivity contribution is 6.31. The number of carbonyl (C=O) groups is 2. The summed E-state index contributed by atoms with van der Waals surface area (Å²) in [5.41, 5.74) is -1.16. The lowest BCUT2D eigenvalue weighted by Gasteiger charge is -2.22. The Morgan fingerprint density at radius 2 is 2.16 bits per heavy atom. The van der Waals surface area contributed by atoms with Gasteiger partial charge in [-0.2, -0.15) is 23.3 Å². The molecule has 0 saturated carbocycles. The van der Waals surface area contributed by atoms with Crippen LogP contribution in [0.3, 0.4) is 0 Å². The molecule has 2 heterocycles. The summed E-state index contributed by atoms with van der Waals surface area (Å²) in [5, 5.41) is 8.38. The van der Waals surface area contributed by atoms with Crippen LogP contribution in [0, 0.1) is 6.92 Å². The Morgan fingerprint density at radius 1 is 1.44 bits per heavy atom. The van der Waals surface area contributed by atoms with E-state index in [1.165, 1.54) is 10.7 Å². The van der Waals surface area contributed by atoms with E-state index in [9.17, 15) is 22.8 Å². The van der Waals surface area contributed by atoms with Gasteiger partial charge < -0.3 is 5.32 Å². The van der Waals surface area contributed by atoms with Gasteiger partial charge >= 0.3 is 6.18 Å². The van der Waals surface area contributed by atoms with Crippen molar-refractivity contribution in [2.75, 3.05) is 10.6 Å². The zero-order chi connectivity index (χ0) is 18.4. The molecule has 0 unspecified atom stereocenters. The average Bonchev–Trinajstić information content (AvgIpc) is 2.87. The number of hydrogen-bond acceptors (Lipinski definition) is 4. The van der Waals surface area contributed by atoms with Crippen LogP contribution in [0.2, 0.25) is 5.02 Å². The van der Waals surface area contributed by atoms with Gasteiger partial charge in [0.25, 0.3) is 0 Å². The number of anilines is 2. The molecule has 0 saturated heterocycles. The molecule has 1 aromatic carbocycles. The molecule has 7 nitrogen and oxygen atoms in total. The molecule has 0 radical (unpaired) electrons. The van der Waals surface area contributed by atoms with Gasteiger partial charge in [0.2, 0.25) is 17.8 Å². The number of rotatable bonds is 2. The molecule has 2 amide bonds. The van der Waals surface area contributed by atoms with Crippen LogP contribution >= 0.6 is 11.6 Å². The maximum atomic E-state index is 12.9. The van der Waals surface area contributed by atoms with Crippen molar-refractivity contribution in [1.82, 2.24) is 14.8 Å². The van der Waals surface area contributed by atoms with Crippen LogP contribution in [0.25, 0.3) is 0 Å². The maximum absolute atomic E-state index is 12.9. The quantitative estimate of drug-likeness (QED) is 0.847. The molecule has 11 heteroatoms. The van der Waals surface area contributed by atoms with E-state index in [1.54, 1.807) is 6.92 Å². The second-order valence-corrected chi connectivity index (χ2v) is 5.78. The Bertz CT molecular complexity index is 865. The second kappa shape index (κ2) is 6.03. The first kappa shape index (κ1) is 17.2. The monoisotopic (exact) mass is 373 g/mol. The number of aromatic nitrogens is 3. The van der Waals surface area contributed by atoms with Gasteiger partial charge in [-0.15, -0.1) is 0 Å². The lowest BCUT2D eigenvalue weighted by Crippen LogP contribution is -2.36. The molecule has 3 rings (SSSR count). The van der Waals surface area contributed by atoms with Crippen LogP contribution in [0.5, 0.6) is 0 Å². The van der Waals surface area contributed by atoms with Crippen LogP contribution in [0.4, 0.5) is 24.8 Å². The lowest BCUT2D eigenvalue weighted by atomic mass is 10.1. The number of fused-ring (bicyclic) bond motifs is 1. The number of benzene rings is 1. The van der Waals surface area contributed by atoms with Crippen LogP contribution in [0.1, 0.15) is 23.9 Å². The largest absolute Gasteiger partial charge is 0.417 e. The van der Waals surface area contributed by atoms with Crippen molar-refractivity contribution in [3.63, 3.8) is 0 Å². The first-order valence-electron chi connectivity index (χ1n) is 7.06. The number of alkyl halides is 3. The third kappa shape index (κ3) is 3.43. The molecule has 25 heavy (non-hydrogen) atoms. The zero-order valence-corrected chi connectivity index (χ0v) is 13.4. The normalized spacial score (nSPS) is 17.0. The molecule has 1 aromatic heterocycles. The van der Waals surface area contributed by atoms with E-state index < -0.39 is 34.6 Å². The molecular weight excluding hydrogens is 363 g/mol. The standard InChI is InChI=1S/C14H11ClF3N5O2/c1-6-19-13-21-11(24)5-10(23(13)22-6)12(25)20-7-2-3-9(15)8(4-7)14(16,17)18/h2-4,10H,5H2,1H3,(H,20,25)(H,19,21,22,24)/t10-/m0/s1. The smallest absolute Gasteiger partial charge is 0.324 e. The van der Waals surface area contributed by atoms with Crippen molar-refractivity contribution < 1.29 is 22.8 Å². The van der Waals surface area contributed by atoms with Crippen LogP contribution in [-0.4, -0.2) is 26.6 Å². The van der Waals surface area contributed by atoms with Crippen LogP contribution in [0.15, 0.2) is 18.2 Å². The number of carbonyl (C=O) groups excluding carboxylic acids is 2. The van der Waals surface area contributed by atoms with Gasteiger partial charge in [0.15, 0.2) is 0 Å². The van der Waals surface area contributed by atoms with Crippen molar-refractivity contribution in [1.29, 1.82) is 0 Å². The first-order chi connectivity index (χ1) is 11.6. The summed E-state index contributed by atoms with van der Waals surface area (Å²) >= 11 is 5.55. The van der Waals surface area contributed by atoms with E-state index in [0.717, 1.165) is 12.1 Å². The topological polar surface area (TPSA) is 88.9 Å². The molecule has 0 bridgehead atoms. The van der Waals surface area contributed by atoms with Gasteiger partial charge in [-0.25, -0.2) is 4.68 Å². The van der Waals surface area contributed by atoms with Crippen molar-refractivity contribution in [2.45, 2.75) is 25.6 Å². The summed E-state index contributed by atoms with van der Waals surface area (Å²) in [6.07, 6.45) is -4.86. The fourth-order valence-electron chi connectivity index (χ4n) is 2.42. The van der Waals surface area contributed by atoms with E-state index in [1.807, 2.05) is 0 Å². The average molecular weight is 374 g/mol. The Labute approximate surface area is 144 Å². The zero-order valence-electron chi connectivity index (χ0n) is 12.7. The number of hydrogen-bond donors (Lipinski definition) is 2. The highest BCUT2D eigenvalue weighted by Gasteiger charge is 2.35. The molecule has 1 aliphatic rings. The highest BCUT2D eigenvalue weighted by Crippen LogP contribution is 2.36. The molecule has 0 aliphatic carbocycles. The number of amides is 2. The van der Waals surface area contributed by atoms with Crippen LogP contribution in [-0.2, 0) is 15.8 Å². The molecule has 1 aliphatic heterocycles. The fraction of sp³-hybridized carbons (Fsp3) is 0.286. The summed E-state index contributed by atoms with van der Waals surface area (Å²) in [6.45, 7) is 1.58. The van der Waals surface area contributed by atoms with E-state index in [-0.39, 0.29) is 18.1 Å². The van der Waals surface area contributed by atoms with Crippen molar-refractivity contribution in [3.8, 4) is 0 Å². The summed E-state index contributed by atoms with van der Waals surface area (Å²) in [7, 11) is 0. The summed E-state index contributed by atoms with van der Waals surface area (Å²) in [6, 6.07) is 2.00. The van der Waals surface area contributed by atoms with Gasteiger partial charge in [-0.3, -0.25) is 14.9 Å². The van der Waals surface area contributed by atoms with E-state index in [2.05, 4.69) is 20.7 Å². The van der Waals surface area contributed by atoms with Crippen molar-refractivity contribution >= 4 is 35.1 Å². The molecule has 132 valence electrons. The van der Waals surface area contributed by atoms with E-state index in [4.69, 9.17) is 11.6 Å². The summed E-state index contributed by atoms with van der Waals surface area (Å²) in [4.78, 5) is 28.1. The Morgan fingerprint density at radius 3 is 2.84 bits per heavy atom. The summed E-state index contributed by atoms with van der Waals surface area (Å²) < 4.78 is 39.9. The van der Waals surface area contributed by atoms with E-state index in [0.29, 0.717) is 5.82 Å². The maximum Gasteiger partial charge on any atom is 0.417 e. The van der Waals surface area contributed by atoms with Gasteiger partial charge in [-0.05, 0) is 25.1 Å². The lowest BCUT2D eigenvalue weighted by molar-refractivity contribution is -0.137. The molecule has 2 aromatic rings. The second-order valence-electron chi connectivity index (χ2n) is 5.38. The van der Waals surface area contributed by atoms with Gasteiger partial charge in [0.1, 0.15) is 11.9 Å².